The first-order chi connectivity index (χ1) is 12.0. The van der Waals surface area contributed by atoms with E-state index >= 15 is 0 Å². The van der Waals surface area contributed by atoms with Crippen LogP contribution in [0.2, 0.25) is 0 Å². The number of benzene rings is 1. The minimum Gasteiger partial charge on any atom is -0.469 e. The standard InChI is InChI=1S/C18H25BrFN3O2.HI/c1-3-21-18(23-10-7-14(8-11-23)17(24)25-2)22-9-6-13-4-5-16(20)15(19)12-13;/h4-5,12,14H,3,6-11H2,1-2H3,(H,21,22);1H. The number of esters is 1. The first-order valence-corrected chi connectivity index (χ1v) is 9.39. The van der Waals surface area contributed by atoms with Gasteiger partial charge < -0.3 is 15.0 Å². The number of nitrogens with one attached hydrogen (secondary N) is 1. The van der Waals surface area contributed by atoms with E-state index in [1.165, 1.54) is 13.2 Å². The molecule has 1 heterocycles. The number of carbonyl (C=O) groups excluding carboxylic acids is 1. The summed E-state index contributed by atoms with van der Waals surface area (Å²) >= 11 is 3.21. The summed E-state index contributed by atoms with van der Waals surface area (Å²) in [4.78, 5) is 18.5. The van der Waals surface area contributed by atoms with Crippen molar-refractivity contribution in [1.82, 2.24) is 10.2 Å². The number of hydrogen-bond donors (Lipinski definition) is 1. The molecule has 1 aromatic rings. The van der Waals surface area contributed by atoms with Crippen molar-refractivity contribution in [3.63, 3.8) is 0 Å². The minimum atomic E-state index is -0.255. The van der Waals surface area contributed by atoms with Gasteiger partial charge in [-0.3, -0.25) is 9.79 Å². The molecule has 0 bridgehead atoms. The van der Waals surface area contributed by atoms with Crippen LogP contribution in [0.5, 0.6) is 0 Å². The zero-order chi connectivity index (χ0) is 18.2. The lowest BCUT2D eigenvalue weighted by molar-refractivity contribution is -0.146. The monoisotopic (exact) mass is 541 g/mol. The highest BCUT2D eigenvalue weighted by atomic mass is 127. The van der Waals surface area contributed by atoms with Crippen LogP contribution in [0.4, 0.5) is 4.39 Å². The molecule has 8 heteroatoms. The highest BCUT2D eigenvalue weighted by Gasteiger charge is 2.26. The Bertz CT molecular complexity index is 622. The summed E-state index contributed by atoms with van der Waals surface area (Å²) in [6.45, 7) is 5.02. The Hall–Kier alpha value is -0.900. The maximum absolute atomic E-state index is 13.3. The molecule has 5 nitrogen and oxygen atoms in total. The van der Waals surface area contributed by atoms with Gasteiger partial charge in [-0.25, -0.2) is 4.39 Å². The van der Waals surface area contributed by atoms with Gasteiger partial charge in [0.15, 0.2) is 5.96 Å². The Morgan fingerprint density at radius 3 is 2.69 bits per heavy atom. The SMILES string of the molecule is CCNC(=NCCc1ccc(F)c(Br)c1)N1CCC(C(=O)OC)CC1.I. The second-order valence-electron chi connectivity index (χ2n) is 6.02. The van der Waals surface area contributed by atoms with Crippen LogP contribution in [0, 0.1) is 11.7 Å². The number of likely N-dealkylation sites (tertiary alicyclic amines) is 1. The molecule has 1 fully saturated rings. The summed E-state index contributed by atoms with van der Waals surface area (Å²) in [5, 5.41) is 3.31. The van der Waals surface area contributed by atoms with Crippen LogP contribution in [0.25, 0.3) is 0 Å². The van der Waals surface area contributed by atoms with E-state index in [4.69, 9.17) is 4.74 Å². The summed E-state index contributed by atoms with van der Waals surface area (Å²) in [6.07, 6.45) is 2.30. The third kappa shape index (κ3) is 6.68. The van der Waals surface area contributed by atoms with E-state index in [1.54, 1.807) is 12.1 Å². The Balaban J connectivity index is 0.00000338. The van der Waals surface area contributed by atoms with E-state index in [0.29, 0.717) is 11.0 Å². The van der Waals surface area contributed by atoms with E-state index in [-0.39, 0.29) is 41.7 Å². The number of carbonyl (C=O) groups is 1. The first kappa shape index (κ1) is 23.1. The van der Waals surface area contributed by atoms with Crippen molar-refractivity contribution in [3.05, 3.63) is 34.1 Å². The quantitative estimate of drug-likeness (QED) is 0.268. The molecule has 1 aliphatic rings. The normalized spacial score (nSPS) is 15.4. The minimum absolute atomic E-state index is 0. The van der Waals surface area contributed by atoms with E-state index in [9.17, 15) is 9.18 Å². The fourth-order valence-electron chi connectivity index (χ4n) is 2.91. The number of guanidine groups is 1. The van der Waals surface area contributed by atoms with E-state index in [1.807, 2.05) is 6.92 Å². The predicted octanol–water partition coefficient (Wildman–Crippen LogP) is 3.60. The van der Waals surface area contributed by atoms with Gasteiger partial charge >= 0.3 is 5.97 Å². The van der Waals surface area contributed by atoms with Gasteiger partial charge in [-0.15, -0.1) is 24.0 Å². The summed E-state index contributed by atoms with van der Waals surface area (Å²) in [5.74, 6) is 0.477. The van der Waals surface area contributed by atoms with Crippen LogP contribution >= 0.6 is 39.9 Å². The van der Waals surface area contributed by atoms with E-state index in [0.717, 1.165) is 50.4 Å². The Kier molecular flexibility index (Phi) is 10.4. The van der Waals surface area contributed by atoms with Crippen molar-refractivity contribution >= 4 is 51.8 Å². The third-order valence-electron chi connectivity index (χ3n) is 4.31. The van der Waals surface area contributed by atoms with Gasteiger partial charge in [0.1, 0.15) is 5.82 Å². The van der Waals surface area contributed by atoms with Crippen LogP contribution in [0.3, 0.4) is 0 Å². The van der Waals surface area contributed by atoms with Gasteiger partial charge in [-0.2, -0.15) is 0 Å². The van der Waals surface area contributed by atoms with Crippen molar-refractivity contribution in [2.24, 2.45) is 10.9 Å². The summed E-state index contributed by atoms with van der Waals surface area (Å²) in [6, 6.07) is 5.04. The molecule has 0 atom stereocenters. The van der Waals surface area contributed by atoms with Gasteiger partial charge in [-0.05, 0) is 59.8 Å². The van der Waals surface area contributed by atoms with Crippen LogP contribution in [-0.4, -0.2) is 50.1 Å². The average molecular weight is 542 g/mol. The number of hydrogen-bond acceptors (Lipinski definition) is 3. The molecule has 2 rings (SSSR count). The zero-order valence-corrected chi connectivity index (χ0v) is 19.1. The van der Waals surface area contributed by atoms with Gasteiger partial charge in [0.2, 0.25) is 0 Å². The maximum Gasteiger partial charge on any atom is 0.308 e. The van der Waals surface area contributed by atoms with E-state index < -0.39 is 0 Å². The molecule has 1 aromatic carbocycles. The largest absolute Gasteiger partial charge is 0.469 e. The first-order valence-electron chi connectivity index (χ1n) is 8.60. The van der Waals surface area contributed by atoms with Crippen molar-refractivity contribution in [1.29, 1.82) is 0 Å². The van der Waals surface area contributed by atoms with Gasteiger partial charge in [0.25, 0.3) is 0 Å². The maximum atomic E-state index is 13.3. The smallest absolute Gasteiger partial charge is 0.308 e. The fraction of sp³-hybridized carbons (Fsp3) is 0.556. The number of piperidine rings is 1. The molecule has 0 aliphatic carbocycles. The molecule has 0 saturated carbocycles. The molecule has 0 amide bonds. The van der Waals surface area contributed by atoms with Crippen molar-refractivity contribution in [3.8, 4) is 0 Å². The molecule has 1 N–H and O–H groups in total. The molecule has 1 aliphatic heterocycles. The highest BCUT2D eigenvalue weighted by Crippen LogP contribution is 2.19. The van der Waals surface area contributed by atoms with Crippen LogP contribution in [-0.2, 0) is 16.0 Å². The van der Waals surface area contributed by atoms with Gasteiger partial charge in [0, 0.05) is 26.2 Å². The second kappa shape index (κ2) is 11.7. The molecule has 26 heavy (non-hydrogen) atoms. The Morgan fingerprint density at radius 2 is 2.12 bits per heavy atom. The van der Waals surface area contributed by atoms with E-state index in [2.05, 4.69) is 31.1 Å². The molecule has 1 saturated heterocycles. The van der Waals surface area contributed by atoms with Crippen molar-refractivity contribution in [2.45, 2.75) is 26.2 Å². The summed E-state index contributed by atoms with van der Waals surface area (Å²) in [7, 11) is 1.44. The number of methoxy groups -OCH3 is 1. The van der Waals surface area contributed by atoms with Gasteiger partial charge in [0.05, 0.1) is 17.5 Å². The molecular weight excluding hydrogens is 516 g/mol. The highest BCUT2D eigenvalue weighted by molar-refractivity contribution is 14.0. The summed E-state index contributed by atoms with van der Waals surface area (Å²) in [5.41, 5.74) is 1.04. The number of ether oxygens (including phenoxy) is 1. The average Bonchev–Trinajstić information content (AvgIpc) is 2.63. The Labute approximate surface area is 179 Å². The van der Waals surface area contributed by atoms with Crippen molar-refractivity contribution in [2.75, 3.05) is 33.3 Å². The zero-order valence-electron chi connectivity index (χ0n) is 15.1. The molecule has 0 aromatic heterocycles. The Morgan fingerprint density at radius 1 is 1.42 bits per heavy atom. The second-order valence-corrected chi connectivity index (χ2v) is 6.87. The molecular formula is C18H26BrFIN3O2. The fourth-order valence-corrected chi connectivity index (χ4v) is 3.33. The third-order valence-corrected chi connectivity index (χ3v) is 4.92. The number of rotatable bonds is 5. The van der Waals surface area contributed by atoms with Crippen LogP contribution in [0.15, 0.2) is 27.7 Å². The predicted molar refractivity (Wildman–Crippen MR) is 116 cm³/mol. The lowest BCUT2D eigenvalue weighted by atomic mass is 9.97. The number of halogens is 3. The molecule has 146 valence electrons. The topological polar surface area (TPSA) is 53.9 Å². The van der Waals surface area contributed by atoms with Crippen LogP contribution in [0.1, 0.15) is 25.3 Å². The lowest BCUT2D eigenvalue weighted by Crippen LogP contribution is -2.46. The number of nitrogens with zero attached hydrogens (tertiary/aromatic N) is 2. The molecule has 0 unspecified atom stereocenters. The number of aliphatic imine (C=N–C) groups is 1. The summed E-state index contributed by atoms with van der Waals surface area (Å²) < 4.78 is 18.6. The lowest BCUT2D eigenvalue weighted by Gasteiger charge is -2.33. The van der Waals surface area contributed by atoms with Gasteiger partial charge in [-0.1, -0.05) is 6.07 Å². The molecule has 0 radical (unpaired) electrons. The van der Waals surface area contributed by atoms with Crippen molar-refractivity contribution < 1.29 is 13.9 Å². The van der Waals surface area contributed by atoms with Crippen LogP contribution < -0.4 is 5.32 Å². The molecule has 0 spiro atoms.